The van der Waals surface area contributed by atoms with Gasteiger partial charge < -0.3 is 20.1 Å². The highest BCUT2D eigenvalue weighted by atomic mass is 16.3. The molecule has 8 nitrogen and oxygen atoms in total. The van der Waals surface area contributed by atoms with E-state index in [1.54, 1.807) is 6.08 Å². The molecule has 1 atom stereocenters. The third-order valence-corrected chi connectivity index (χ3v) is 5.64. The number of carbonyl (C=O) groups is 4. The van der Waals surface area contributed by atoms with Gasteiger partial charge in [0.25, 0.3) is 6.47 Å². The molecule has 2 N–H and O–H groups in total. The quantitative estimate of drug-likeness (QED) is 0.284. The largest absolute Gasteiger partial charge is 0.483 e. The van der Waals surface area contributed by atoms with Crippen LogP contribution in [-0.2, 0) is 25.6 Å². The molecule has 0 aliphatic carbocycles. The van der Waals surface area contributed by atoms with E-state index in [4.69, 9.17) is 17.9 Å². The molecule has 0 saturated carbocycles. The lowest BCUT2D eigenvalue weighted by molar-refractivity contribution is -0.130. The highest BCUT2D eigenvalue weighted by Crippen LogP contribution is 2.13. The van der Waals surface area contributed by atoms with Crippen LogP contribution in [0.15, 0.2) is 66.9 Å². The summed E-state index contributed by atoms with van der Waals surface area (Å²) >= 11 is 0. The van der Waals surface area contributed by atoms with E-state index in [-0.39, 0.29) is 24.2 Å². The SMILES string of the molecule is O=C(CCc1ccccc1)N1CCCC1.O=CO.[B]N1CC(C)C(NC(=O)C=C)=CC/C=C\CC1=O. The van der Waals surface area contributed by atoms with E-state index in [1.165, 1.54) is 29.3 Å². The maximum absolute atomic E-state index is 11.7. The minimum absolute atomic E-state index is 0.0330. The molecule has 3 amide bonds. The number of carbonyl (C=O) groups excluding carboxylic acids is 3. The predicted octanol–water partition coefficient (Wildman–Crippen LogP) is 3.01. The van der Waals surface area contributed by atoms with Crippen LogP contribution >= 0.6 is 0 Å². The lowest BCUT2D eigenvalue weighted by Crippen LogP contribution is -2.36. The Labute approximate surface area is 215 Å². The topological polar surface area (TPSA) is 107 Å². The lowest BCUT2D eigenvalue weighted by Gasteiger charge is -2.24. The maximum atomic E-state index is 11.7. The molecule has 1 fully saturated rings. The van der Waals surface area contributed by atoms with Gasteiger partial charge in [-0.15, -0.1) is 0 Å². The summed E-state index contributed by atoms with van der Waals surface area (Å²) in [6, 6.07) is 10.2. The Morgan fingerprint density at radius 3 is 2.44 bits per heavy atom. The van der Waals surface area contributed by atoms with Crippen LogP contribution < -0.4 is 5.32 Å². The van der Waals surface area contributed by atoms with Gasteiger partial charge in [0.2, 0.25) is 25.7 Å². The molecule has 2 aliphatic heterocycles. The van der Waals surface area contributed by atoms with Crippen molar-refractivity contribution in [2.24, 2.45) is 5.92 Å². The minimum Gasteiger partial charge on any atom is -0.483 e. The van der Waals surface area contributed by atoms with Gasteiger partial charge in [0, 0.05) is 44.1 Å². The zero-order valence-electron chi connectivity index (χ0n) is 21.0. The molecule has 2 radical (unpaired) electrons. The summed E-state index contributed by atoms with van der Waals surface area (Å²) in [5.41, 5.74) is 2.01. The van der Waals surface area contributed by atoms with Crippen LogP contribution in [0.4, 0.5) is 0 Å². The van der Waals surface area contributed by atoms with E-state index in [9.17, 15) is 14.4 Å². The molecule has 0 bridgehead atoms. The Hall–Kier alpha value is -3.62. The highest BCUT2D eigenvalue weighted by molar-refractivity contribution is 6.14. The van der Waals surface area contributed by atoms with Gasteiger partial charge in [-0.25, -0.2) is 0 Å². The molecule has 0 spiro atoms. The van der Waals surface area contributed by atoms with Gasteiger partial charge in [0.15, 0.2) is 0 Å². The molecule has 192 valence electrons. The summed E-state index contributed by atoms with van der Waals surface area (Å²) in [5, 5.41) is 9.64. The average Bonchev–Trinajstić information content (AvgIpc) is 3.42. The molecule has 1 unspecified atom stereocenters. The number of hydrogen-bond acceptors (Lipinski definition) is 4. The lowest BCUT2D eigenvalue weighted by atomic mass is 10.0. The number of carboxylic acid groups (broad SMARTS) is 1. The molecule has 9 heteroatoms. The van der Waals surface area contributed by atoms with Gasteiger partial charge in [0.1, 0.15) is 0 Å². The normalized spacial score (nSPS) is 18.3. The summed E-state index contributed by atoms with van der Waals surface area (Å²) in [5.74, 6) is -0.107. The number of aryl methyl sites for hydroxylation is 1. The van der Waals surface area contributed by atoms with Crippen LogP contribution in [0.25, 0.3) is 0 Å². The average molecular weight is 493 g/mol. The predicted molar refractivity (Wildman–Crippen MR) is 141 cm³/mol. The molecule has 0 aromatic heterocycles. The fourth-order valence-corrected chi connectivity index (χ4v) is 3.68. The third-order valence-electron chi connectivity index (χ3n) is 5.64. The van der Waals surface area contributed by atoms with Crippen molar-refractivity contribution in [3.63, 3.8) is 0 Å². The standard InChI is InChI=1S/C13H17BN2O2.C13H17NO.CH2O2/c1-3-12(17)15-11-7-5-4-6-8-13(18)16(14)9-10(11)2;15-13(14-10-4-5-11-14)9-8-12-6-2-1-3-7-12;2-1-3/h3-4,6-7,10H,1,5,8-9H2,2H3,(H,15,17);1-3,6-7H,4-5,8-11H2;1H,(H,2,3)/b6-4-,11-7?;;. The second kappa shape index (κ2) is 17.8. The van der Waals surface area contributed by atoms with Gasteiger partial charge >= 0.3 is 0 Å². The van der Waals surface area contributed by atoms with Gasteiger partial charge in [-0.05, 0) is 37.3 Å². The molecule has 3 rings (SSSR count). The van der Waals surface area contributed by atoms with E-state index >= 15 is 0 Å². The number of amides is 3. The zero-order valence-corrected chi connectivity index (χ0v) is 21.0. The first-order valence-corrected chi connectivity index (χ1v) is 12.0. The molecule has 1 aromatic rings. The molecule has 1 saturated heterocycles. The van der Waals surface area contributed by atoms with Gasteiger partial charge in [-0.2, -0.15) is 0 Å². The van der Waals surface area contributed by atoms with Crippen LogP contribution in [0.5, 0.6) is 0 Å². The van der Waals surface area contributed by atoms with E-state index in [0.29, 0.717) is 31.7 Å². The second-order valence-corrected chi connectivity index (χ2v) is 8.39. The van der Waals surface area contributed by atoms with E-state index in [2.05, 4.69) is 24.0 Å². The smallest absolute Gasteiger partial charge is 0.290 e. The first kappa shape index (κ1) is 30.4. The van der Waals surface area contributed by atoms with Crippen molar-refractivity contribution >= 4 is 32.2 Å². The Bertz CT molecular complexity index is 911. The van der Waals surface area contributed by atoms with Crippen molar-refractivity contribution in [1.82, 2.24) is 15.0 Å². The molecular formula is C27H36BN3O5. The van der Waals surface area contributed by atoms with E-state index in [0.717, 1.165) is 25.2 Å². The summed E-state index contributed by atoms with van der Waals surface area (Å²) in [4.78, 5) is 46.2. The van der Waals surface area contributed by atoms with Crippen LogP contribution in [0.3, 0.4) is 0 Å². The highest BCUT2D eigenvalue weighted by Gasteiger charge is 2.17. The van der Waals surface area contributed by atoms with Crippen LogP contribution in [0.1, 0.15) is 44.6 Å². The number of benzene rings is 1. The number of rotatable bonds is 5. The summed E-state index contributed by atoms with van der Waals surface area (Å²) in [6.07, 6.45) is 11.7. The van der Waals surface area contributed by atoms with Gasteiger partial charge in [-0.1, -0.05) is 62.1 Å². The van der Waals surface area contributed by atoms with Crippen molar-refractivity contribution in [2.75, 3.05) is 19.6 Å². The molecule has 2 heterocycles. The maximum Gasteiger partial charge on any atom is 0.290 e. The molecule has 2 aliphatic rings. The first-order valence-electron chi connectivity index (χ1n) is 12.0. The number of likely N-dealkylation sites (tertiary alicyclic amines) is 1. The van der Waals surface area contributed by atoms with E-state index < -0.39 is 0 Å². The Kier molecular flexibility index (Phi) is 15.0. The minimum atomic E-state index is -0.260. The van der Waals surface area contributed by atoms with E-state index in [1.807, 2.05) is 42.2 Å². The number of allylic oxidation sites excluding steroid dienone is 2. The van der Waals surface area contributed by atoms with Crippen molar-refractivity contribution in [3.8, 4) is 0 Å². The van der Waals surface area contributed by atoms with Crippen LogP contribution in [0.2, 0.25) is 0 Å². The van der Waals surface area contributed by atoms with Crippen molar-refractivity contribution in [3.05, 3.63) is 72.5 Å². The number of hydrogen-bond donors (Lipinski definition) is 2. The zero-order chi connectivity index (χ0) is 26.8. The Balaban J connectivity index is 0.000000328. The molecule has 36 heavy (non-hydrogen) atoms. The summed E-state index contributed by atoms with van der Waals surface area (Å²) in [6.45, 7) is 7.37. The number of nitrogens with zero attached hydrogens (tertiary/aromatic N) is 2. The van der Waals surface area contributed by atoms with Crippen LogP contribution in [0, 0.1) is 5.92 Å². The fourth-order valence-electron chi connectivity index (χ4n) is 3.68. The van der Waals surface area contributed by atoms with Crippen molar-refractivity contribution < 1.29 is 24.3 Å². The summed E-state index contributed by atoms with van der Waals surface area (Å²) in [7, 11) is 5.67. The Morgan fingerprint density at radius 2 is 1.83 bits per heavy atom. The number of nitrogens with one attached hydrogen (secondary N) is 1. The second-order valence-electron chi connectivity index (χ2n) is 8.39. The fraction of sp³-hybridized carbons (Fsp3) is 0.407. The van der Waals surface area contributed by atoms with Gasteiger partial charge in [-0.3, -0.25) is 19.2 Å². The van der Waals surface area contributed by atoms with Crippen LogP contribution in [-0.4, -0.2) is 66.6 Å². The first-order chi connectivity index (χ1) is 17.3. The monoisotopic (exact) mass is 493 g/mol. The van der Waals surface area contributed by atoms with Gasteiger partial charge in [0.05, 0.1) is 0 Å². The third kappa shape index (κ3) is 12.2. The molecular weight excluding hydrogens is 457 g/mol. The Morgan fingerprint density at radius 1 is 1.19 bits per heavy atom. The summed E-state index contributed by atoms with van der Waals surface area (Å²) < 4.78 is 0. The van der Waals surface area contributed by atoms with Crippen molar-refractivity contribution in [1.29, 1.82) is 0 Å². The van der Waals surface area contributed by atoms with Crippen molar-refractivity contribution in [2.45, 2.75) is 45.4 Å². The molecule has 1 aromatic carbocycles.